The van der Waals surface area contributed by atoms with Crippen LogP contribution >= 0.6 is 0 Å². The summed E-state index contributed by atoms with van der Waals surface area (Å²) in [6.07, 6.45) is -4.38. The topological polar surface area (TPSA) is 103 Å². The molecule has 0 amide bonds. The highest BCUT2D eigenvalue weighted by molar-refractivity contribution is 5.83. The summed E-state index contributed by atoms with van der Waals surface area (Å²) in [6, 6.07) is 15.6. The van der Waals surface area contributed by atoms with Gasteiger partial charge in [0.25, 0.3) is 5.56 Å². The van der Waals surface area contributed by atoms with Gasteiger partial charge in [-0.3, -0.25) is 4.79 Å². The van der Waals surface area contributed by atoms with Crippen molar-refractivity contribution >= 4 is 23.1 Å². The van der Waals surface area contributed by atoms with Gasteiger partial charge >= 0.3 is 12.1 Å². The van der Waals surface area contributed by atoms with Crippen LogP contribution in [0.2, 0.25) is 0 Å². The number of rotatable bonds is 8. The first-order valence-corrected chi connectivity index (χ1v) is 11.5. The third-order valence-electron chi connectivity index (χ3n) is 5.44. The number of nitrogens with zero attached hydrogens (tertiary/aromatic N) is 3. The maximum atomic E-state index is 13.4. The van der Waals surface area contributed by atoms with E-state index >= 15 is 0 Å². The molecule has 1 aromatic heterocycles. The van der Waals surface area contributed by atoms with Crippen molar-refractivity contribution in [3.63, 3.8) is 0 Å². The number of aromatic nitrogens is 2. The fourth-order valence-corrected chi connectivity index (χ4v) is 3.59. The minimum absolute atomic E-state index is 0.0567. The average molecular weight is 525 g/mol. The van der Waals surface area contributed by atoms with E-state index in [-0.39, 0.29) is 34.9 Å². The van der Waals surface area contributed by atoms with E-state index in [2.05, 4.69) is 10.1 Å². The SMILES string of the molecule is CCOc1cc(C=Nn2c(-c3cccc(C(F)(F)F)c3)nc3ccccc3c2=O)ccc1O[C@H](C)C(=O)O. The Bertz CT molecular complexity index is 1580. The van der Waals surface area contributed by atoms with E-state index in [1.54, 1.807) is 43.3 Å². The second-order valence-electron chi connectivity index (χ2n) is 8.13. The Balaban J connectivity index is 1.82. The van der Waals surface area contributed by atoms with Gasteiger partial charge in [0, 0.05) is 5.56 Å². The van der Waals surface area contributed by atoms with Crippen LogP contribution in [0.25, 0.3) is 22.3 Å². The fraction of sp³-hybridized carbons (Fsp3) is 0.185. The van der Waals surface area contributed by atoms with Gasteiger partial charge in [0.2, 0.25) is 0 Å². The van der Waals surface area contributed by atoms with Crippen molar-refractivity contribution in [1.82, 2.24) is 9.66 Å². The first-order valence-electron chi connectivity index (χ1n) is 11.5. The van der Waals surface area contributed by atoms with Crippen LogP contribution in [0, 0.1) is 0 Å². The van der Waals surface area contributed by atoms with Crippen LogP contribution in [0.5, 0.6) is 11.5 Å². The molecule has 196 valence electrons. The van der Waals surface area contributed by atoms with Crippen molar-refractivity contribution in [1.29, 1.82) is 0 Å². The van der Waals surface area contributed by atoms with E-state index in [9.17, 15) is 22.8 Å². The van der Waals surface area contributed by atoms with Gasteiger partial charge in [0.05, 0.1) is 29.3 Å². The van der Waals surface area contributed by atoms with Gasteiger partial charge < -0.3 is 14.6 Å². The van der Waals surface area contributed by atoms with Crippen molar-refractivity contribution in [2.24, 2.45) is 5.10 Å². The molecule has 1 atom stereocenters. The number of ether oxygens (including phenoxy) is 2. The zero-order valence-electron chi connectivity index (χ0n) is 20.3. The van der Waals surface area contributed by atoms with Gasteiger partial charge in [0.15, 0.2) is 23.4 Å². The van der Waals surface area contributed by atoms with E-state index in [1.165, 1.54) is 31.3 Å². The van der Waals surface area contributed by atoms with Crippen LogP contribution in [0.1, 0.15) is 25.0 Å². The fourth-order valence-electron chi connectivity index (χ4n) is 3.59. The summed E-state index contributed by atoms with van der Waals surface area (Å²) in [5.74, 6) is -0.764. The molecule has 4 rings (SSSR count). The molecule has 4 aromatic rings. The Morgan fingerprint density at radius 2 is 1.87 bits per heavy atom. The standard InChI is InChI=1S/C27H22F3N3O5/c1-3-37-23-13-17(11-12-22(23)38-16(2)26(35)36)15-31-33-24(18-7-6-8-19(14-18)27(28,29)30)32-21-10-5-4-9-20(21)25(33)34/h4-16H,3H2,1-2H3,(H,35,36)/t16-/m1/s1. The number of halogens is 3. The predicted octanol–water partition coefficient (Wildman–Crippen LogP) is 5.22. The Labute approximate surface area is 214 Å². The highest BCUT2D eigenvalue weighted by Crippen LogP contribution is 2.32. The molecule has 11 heteroatoms. The van der Waals surface area contributed by atoms with E-state index in [4.69, 9.17) is 14.6 Å². The van der Waals surface area contributed by atoms with Crippen LogP contribution in [0.15, 0.2) is 76.6 Å². The highest BCUT2D eigenvalue weighted by atomic mass is 19.4. The third kappa shape index (κ3) is 5.66. The van der Waals surface area contributed by atoms with Gasteiger partial charge in [-0.1, -0.05) is 24.3 Å². The lowest BCUT2D eigenvalue weighted by Gasteiger charge is -2.15. The van der Waals surface area contributed by atoms with Gasteiger partial charge in [-0.25, -0.2) is 9.78 Å². The first-order chi connectivity index (χ1) is 18.1. The molecule has 38 heavy (non-hydrogen) atoms. The van der Waals surface area contributed by atoms with E-state index in [0.717, 1.165) is 16.8 Å². The molecule has 1 heterocycles. The molecule has 0 unspecified atom stereocenters. The normalized spacial score (nSPS) is 12.6. The number of aliphatic carboxylic acids is 1. The summed E-state index contributed by atoms with van der Waals surface area (Å²) in [7, 11) is 0. The average Bonchev–Trinajstić information content (AvgIpc) is 2.89. The Morgan fingerprint density at radius 1 is 1.11 bits per heavy atom. The second kappa shape index (κ2) is 10.8. The summed E-state index contributed by atoms with van der Waals surface area (Å²) >= 11 is 0. The molecule has 0 saturated heterocycles. The van der Waals surface area contributed by atoms with Crippen molar-refractivity contribution < 1.29 is 32.5 Å². The number of carbonyl (C=O) groups is 1. The molecule has 8 nitrogen and oxygen atoms in total. The molecule has 0 aliphatic heterocycles. The first kappa shape index (κ1) is 26.4. The van der Waals surface area contributed by atoms with Gasteiger partial charge in [-0.05, 0) is 61.9 Å². The van der Waals surface area contributed by atoms with Crippen LogP contribution in [-0.2, 0) is 11.0 Å². The van der Waals surface area contributed by atoms with Gasteiger partial charge in [0.1, 0.15) is 0 Å². The monoisotopic (exact) mass is 525 g/mol. The lowest BCUT2D eigenvalue weighted by Crippen LogP contribution is -2.23. The zero-order valence-corrected chi connectivity index (χ0v) is 20.3. The molecule has 0 aliphatic rings. The molecule has 1 N–H and O–H groups in total. The quantitative estimate of drug-likeness (QED) is 0.317. The molecular weight excluding hydrogens is 503 g/mol. The predicted molar refractivity (Wildman–Crippen MR) is 135 cm³/mol. The minimum Gasteiger partial charge on any atom is -0.490 e. The minimum atomic E-state index is -4.58. The maximum absolute atomic E-state index is 13.4. The zero-order chi connectivity index (χ0) is 27.4. The van der Waals surface area contributed by atoms with E-state index < -0.39 is 29.4 Å². The molecule has 0 radical (unpaired) electrons. The number of alkyl halides is 3. The molecule has 0 spiro atoms. The molecular formula is C27H22F3N3O5. The summed E-state index contributed by atoms with van der Waals surface area (Å²) < 4.78 is 52.0. The van der Waals surface area contributed by atoms with Crippen molar-refractivity contribution in [2.45, 2.75) is 26.1 Å². The lowest BCUT2D eigenvalue weighted by molar-refractivity contribution is -0.144. The third-order valence-corrected chi connectivity index (χ3v) is 5.44. The van der Waals surface area contributed by atoms with Crippen LogP contribution in [0.4, 0.5) is 13.2 Å². The lowest BCUT2D eigenvalue weighted by atomic mass is 10.1. The van der Waals surface area contributed by atoms with E-state index in [0.29, 0.717) is 11.1 Å². The molecule has 0 fully saturated rings. The number of fused-ring (bicyclic) bond motifs is 1. The second-order valence-corrected chi connectivity index (χ2v) is 8.13. The molecule has 0 bridgehead atoms. The van der Waals surface area contributed by atoms with Crippen molar-refractivity contribution in [3.05, 3.63) is 88.2 Å². The van der Waals surface area contributed by atoms with Gasteiger partial charge in [-0.15, -0.1) is 0 Å². The van der Waals surface area contributed by atoms with Crippen LogP contribution in [0.3, 0.4) is 0 Å². The summed E-state index contributed by atoms with van der Waals surface area (Å²) in [5, 5.41) is 13.6. The van der Waals surface area contributed by atoms with Crippen LogP contribution < -0.4 is 15.0 Å². The Morgan fingerprint density at radius 3 is 2.58 bits per heavy atom. The van der Waals surface area contributed by atoms with Gasteiger partial charge in [-0.2, -0.15) is 22.9 Å². The number of hydrogen-bond acceptors (Lipinski definition) is 6. The number of benzene rings is 3. The largest absolute Gasteiger partial charge is 0.490 e. The molecule has 0 saturated carbocycles. The van der Waals surface area contributed by atoms with Crippen molar-refractivity contribution in [2.75, 3.05) is 6.61 Å². The van der Waals surface area contributed by atoms with Crippen LogP contribution in [-0.4, -0.2) is 39.7 Å². The van der Waals surface area contributed by atoms with E-state index in [1.807, 2.05) is 0 Å². The number of hydrogen-bond donors (Lipinski definition) is 1. The highest BCUT2D eigenvalue weighted by Gasteiger charge is 2.31. The summed E-state index contributed by atoms with van der Waals surface area (Å²) in [6.45, 7) is 3.39. The number of carboxylic acid groups (broad SMARTS) is 1. The summed E-state index contributed by atoms with van der Waals surface area (Å²) in [5.41, 5.74) is -0.635. The molecule has 3 aromatic carbocycles. The molecule has 0 aliphatic carbocycles. The maximum Gasteiger partial charge on any atom is 0.416 e. The Hall–Kier alpha value is -4.67. The summed E-state index contributed by atoms with van der Waals surface area (Å²) in [4.78, 5) is 28.9. The number of carboxylic acids is 1. The smallest absolute Gasteiger partial charge is 0.416 e. The van der Waals surface area contributed by atoms with Crippen molar-refractivity contribution in [3.8, 4) is 22.9 Å². The Kier molecular flexibility index (Phi) is 7.47. The number of para-hydroxylation sites is 1.